The van der Waals surface area contributed by atoms with Gasteiger partial charge in [-0.3, -0.25) is 9.59 Å². The summed E-state index contributed by atoms with van der Waals surface area (Å²) in [6, 6.07) is 9.74. The zero-order valence-electron chi connectivity index (χ0n) is 17.8. The molecule has 2 aliphatic heterocycles. The van der Waals surface area contributed by atoms with Crippen molar-refractivity contribution in [1.29, 1.82) is 0 Å². The van der Waals surface area contributed by atoms with E-state index in [-0.39, 0.29) is 27.5 Å². The van der Waals surface area contributed by atoms with Gasteiger partial charge in [-0.05, 0) is 41.8 Å². The van der Waals surface area contributed by atoms with Crippen molar-refractivity contribution in [2.24, 2.45) is 5.73 Å². The highest BCUT2D eigenvalue weighted by molar-refractivity contribution is 8.01. The van der Waals surface area contributed by atoms with Gasteiger partial charge in [-0.25, -0.2) is 14.7 Å². The van der Waals surface area contributed by atoms with E-state index in [4.69, 9.17) is 5.73 Å². The minimum absolute atomic E-state index is 0.0708. The Morgan fingerprint density at radius 3 is 2.49 bits per heavy atom. The molecule has 35 heavy (non-hydrogen) atoms. The summed E-state index contributed by atoms with van der Waals surface area (Å²) in [5.41, 5.74) is 4.52. The standard InChI is InChI=1S/C23H14F3N3O4S2/c1-33-22(32)10-4-6-11(7-5-10)29-20(30)16-17(27)15-12(23(24,25)26)9-13(14-3-2-8-34-14)28-19(15)35-18(16)21(29)31/h2-9,18H,27H2,1H3/t18-/m0/s1. The normalized spacial score (nSPS) is 17.5. The van der Waals surface area contributed by atoms with E-state index in [2.05, 4.69) is 9.72 Å². The second-order valence-corrected chi connectivity index (χ2v) is 9.59. The molecule has 5 rings (SSSR count). The van der Waals surface area contributed by atoms with Gasteiger partial charge in [0.05, 0.1) is 45.8 Å². The molecule has 0 unspecified atom stereocenters. The summed E-state index contributed by atoms with van der Waals surface area (Å²) >= 11 is 1.99. The third-order valence-corrected chi connectivity index (χ3v) is 7.63. The summed E-state index contributed by atoms with van der Waals surface area (Å²) in [4.78, 5) is 43.9. The van der Waals surface area contributed by atoms with E-state index in [1.54, 1.807) is 17.5 Å². The number of amides is 2. The van der Waals surface area contributed by atoms with E-state index in [1.807, 2.05) is 0 Å². The maximum absolute atomic E-state index is 14.1. The number of nitrogens with zero attached hydrogens (tertiary/aromatic N) is 2. The molecule has 7 nitrogen and oxygen atoms in total. The smallest absolute Gasteiger partial charge is 0.417 e. The van der Waals surface area contributed by atoms with Crippen molar-refractivity contribution in [3.05, 3.63) is 70.1 Å². The number of pyridine rings is 1. The Morgan fingerprint density at radius 2 is 1.89 bits per heavy atom. The highest BCUT2D eigenvalue weighted by Gasteiger charge is 2.51. The van der Waals surface area contributed by atoms with Crippen molar-refractivity contribution in [2.75, 3.05) is 12.0 Å². The van der Waals surface area contributed by atoms with E-state index in [1.165, 1.54) is 42.7 Å². The molecule has 2 aliphatic rings. The van der Waals surface area contributed by atoms with E-state index in [9.17, 15) is 27.6 Å². The largest absolute Gasteiger partial charge is 0.465 e. The quantitative estimate of drug-likeness (QED) is 0.408. The van der Waals surface area contributed by atoms with E-state index in [0.29, 0.717) is 4.88 Å². The lowest BCUT2D eigenvalue weighted by molar-refractivity contribution is -0.138. The van der Waals surface area contributed by atoms with Crippen molar-refractivity contribution >= 4 is 52.3 Å². The van der Waals surface area contributed by atoms with Gasteiger partial charge in [0.1, 0.15) is 10.3 Å². The van der Waals surface area contributed by atoms with Gasteiger partial charge in [0.25, 0.3) is 11.8 Å². The number of fused-ring (bicyclic) bond motifs is 2. The number of carbonyl (C=O) groups is 3. The molecule has 1 fully saturated rings. The number of rotatable bonds is 3. The molecule has 0 saturated carbocycles. The number of aromatic nitrogens is 1. The summed E-state index contributed by atoms with van der Waals surface area (Å²) in [6.07, 6.45) is -4.77. The number of halogens is 3. The van der Waals surface area contributed by atoms with E-state index in [0.717, 1.165) is 22.7 Å². The van der Waals surface area contributed by atoms with Crippen LogP contribution in [0.5, 0.6) is 0 Å². The third-order valence-electron chi connectivity index (χ3n) is 5.54. The summed E-state index contributed by atoms with van der Waals surface area (Å²) < 4.78 is 46.8. The first-order valence-corrected chi connectivity index (χ1v) is 11.8. The van der Waals surface area contributed by atoms with Crippen LogP contribution in [0.2, 0.25) is 0 Å². The maximum Gasteiger partial charge on any atom is 0.417 e. The lowest BCUT2D eigenvalue weighted by atomic mass is 10.00. The van der Waals surface area contributed by atoms with Crippen molar-refractivity contribution < 1.29 is 32.3 Å². The summed E-state index contributed by atoms with van der Waals surface area (Å²) in [7, 11) is 1.21. The van der Waals surface area contributed by atoms with Crippen LogP contribution in [0.25, 0.3) is 16.3 Å². The topological polar surface area (TPSA) is 103 Å². The number of imide groups is 1. The number of hydrogen-bond acceptors (Lipinski definition) is 8. The average molecular weight is 518 g/mol. The fraction of sp³-hybridized carbons (Fsp3) is 0.130. The Balaban J connectivity index is 1.62. The molecule has 0 spiro atoms. The zero-order chi connectivity index (χ0) is 25.1. The monoisotopic (exact) mass is 517 g/mol. The number of carbonyl (C=O) groups excluding carboxylic acids is 3. The second kappa shape index (κ2) is 8.24. The number of thioether (sulfide) groups is 1. The Morgan fingerprint density at radius 1 is 1.17 bits per heavy atom. The summed E-state index contributed by atoms with van der Waals surface area (Å²) in [5.74, 6) is -2.09. The van der Waals surface area contributed by atoms with Crippen LogP contribution in [-0.2, 0) is 20.5 Å². The molecule has 2 aromatic heterocycles. The minimum Gasteiger partial charge on any atom is -0.465 e. The van der Waals surface area contributed by atoms with Crippen molar-refractivity contribution in [3.63, 3.8) is 0 Å². The fourth-order valence-electron chi connectivity index (χ4n) is 3.94. The van der Waals surface area contributed by atoms with Crippen LogP contribution in [0.1, 0.15) is 21.5 Å². The van der Waals surface area contributed by atoms with Crippen LogP contribution in [0.4, 0.5) is 18.9 Å². The van der Waals surface area contributed by atoms with Gasteiger partial charge < -0.3 is 10.5 Å². The molecule has 0 radical (unpaired) electrons. The van der Waals surface area contributed by atoms with Crippen LogP contribution < -0.4 is 10.6 Å². The van der Waals surface area contributed by atoms with Gasteiger partial charge in [-0.1, -0.05) is 17.8 Å². The van der Waals surface area contributed by atoms with E-state index >= 15 is 0 Å². The van der Waals surface area contributed by atoms with Crippen LogP contribution in [0.3, 0.4) is 0 Å². The molecule has 3 aromatic rings. The number of thiophene rings is 1. The van der Waals surface area contributed by atoms with E-state index < -0.39 is 46.0 Å². The van der Waals surface area contributed by atoms with Crippen LogP contribution in [-0.4, -0.2) is 35.1 Å². The number of hydrogen-bond donors (Lipinski definition) is 1. The number of nitrogens with two attached hydrogens (primary N) is 1. The molecular formula is C23H14F3N3O4S2. The number of methoxy groups -OCH3 is 1. The third kappa shape index (κ3) is 3.69. The highest BCUT2D eigenvalue weighted by atomic mass is 32.2. The van der Waals surface area contributed by atoms with Crippen molar-refractivity contribution in [2.45, 2.75) is 16.5 Å². The van der Waals surface area contributed by atoms with Gasteiger partial charge in [0.2, 0.25) is 0 Å². The highest BCUT2D eigenvalue weighted by Crippen LogP contribution is 2.49. The SMILES string of the molecule is COC(=O)c1ccc(N2C(=O)C3=C(N)c4c(C(F)(F)F)cc(-c5cccs5)nc4S[C@@H]3C2=O)cc1. The summed E-state index contributed by atoms with van der Waals surface area (Å²) in [6.45, 7) is 0. The Bertz CT molecular complexity index is 1420. The molecule has 0 aliphatic carbocycles. The van der Waals surface area contributed by atoms with Crippen molar-refractivity contribution in [1.82, 2.24) is 4.98 Å². The molecule has 1 aromatic carbocycles. The lowest BCUT2D eigenvalue weighted by Gasteiger charge is -2.24. The first-order chi connectivity index (χ1) is 16.6. The van der Waals surface area contributed by atoms with Crippen LogP contribution in [0, 0.1) is 0 Å². The van der Waals surface area contributed by atoms with Gasteiger partial charge in [0.15, 0.2) is 0 Å². The molecule has 2 amide bonds. The molecule has 12 heteroatoms. The molecule has 1 saturated heterocycles. The number of alkyl halides is 3. The van der Waals surface area contributed by atoms with Crippen LogP contribution >= 0.6 is 23.1 Å². The van der Waals surface area contributed by atoms with Crippen LogP contribution in [0.15, 0.2) is 58.4 Å². The molecule has 0 bridgehead atoms. The number of anilines is 1. The van der Waals surface area contributed by atoms with Crippen molar-refractivity contribution in [3.8, 4) is 10.6 Å². The molecule has 1 atom stereocenters. The molecule has 4 heterocycles. The fourth-order valence-corrected chi connectivity index (χ4v) is 5.89. The Hall–Kier alpha value is -3.64. The average Bonchev–Trinajstić information content (AvgIpc) is 3.45. The summed E-state index contributed by atoms with van der Waals surface area (Å²) in [5, 5.41) is 0.493. The Labute approximate surface area is 204 Å². The number of esters is 1. The lowest BCUT2D eigenvalue weighted by Crippen LogP contribution is -2.31. The Kier molecular flexibility index (Phi) is 5.44. The molecular weight excluding hydrogens is 503 g/mol. The van der Waals surface area contributed by atoms with Gasteiger partial charge in [-0.2, -0.15) is 13.2 Å². The van der Waals surface area contributed by atoms with Gasteiger partial charge >= 0.3 is 12.1 Å². The molecule has 2 N–H and O–H groups in total. The second-order valence-electron chi connectivity index (χ2n) is 7.55. The maximum atomic E-state index is 14.1. The first kappa shape index (κ1) is 23.1. The number of benzene rings is 1. The number of ether oxygens (including phenoxy) is 1. The van der Waals surface area contributed by atoms with Gasteiger partial charge in [-0.15, -0.1) is 11.3 Å². The predicted octanol–water partition coefficient (Wildman–Crippen LogP) is 4.33. The predicted molar refractivity (Wildman–Crippen MR) is 124 cm³/mol. The first-order valence-electron chi connectivity index (χ1n) is 10.0. The minimum atomic E-state index is -4.77. The zero-order valence-corrected chi connectivity index (χ0v) is 19.4. The van der Waals surface area contributed by atoms with Gasteiger partial charge in [0, 0.05) is 5.56 Å². The molecule has 178 valence electrons.